The van der Waals surface area contributed by atoms with Crippen molar-refractivity contribution in [2.45, 2.75) is 90.2 Å². The monoisotopic (exact) mass is 1380 g/mol. The third-order valence-corrected chi connectivity index (χ3v) is 14.7. The predicted octanol–water partition coefficient (Wildman–Crippen LogP) is 8.90. The molecule has 10 atom stereocenters. The molecule has 0 amide bonds. The number of carbonyl (C=O) groups is 2. The molecule has 2 N–H and O–H groups in total. The Bertz CT molecular complexity index is 3360. The molecule has 4 unspecified atom stereocenters. The molecule has 1 saturated heterocycles. The van der Waals surface area contributed by atoms with E-state index in [-0.39, 0.29) is 175 Å². The number of rotatable bonds is 4. The first-order valence-electron chi connectivity index (χ1n) is 22.4. The maximum atomic E-state index is 12.4. The number of terminal acetylenes is 1. The number of hydrogen-bond donors (Lipinski definition) is 2. The Morgan fingerprint density at radius 2 is 1.17 bits per heavy atom. The molecule has 3 radical (unpaired) electrons. The topological polar surface area (TPSA) is 180 Å². The summed E-state index contributed by atoms with van der Waals surface area (Å²) < 4.78 is 16.6. The van der Waals surface area contributed by atoms with E-state index in [4.69, 9.17) is 27.5 Å². The van der Waals surface area contributed by atoms with Crippen LogP contribution in [0.25, 0.3) is 22.3 Å². The Morgan fingerprint density at radius 1 is 0.684 bits per heavy atom. The van der Waals surface area contributed by atoms with Gasteiger partial charge in [-0.3, -0.25) is 9.59 Å². The maximum absolute atomic E-state index is 12.4. The maximum Gasteiger partial charge on any atom is 0.208 e. The van der Waals surface area contributed by atoms with Crippen LogP contribution in [0, 0.1) is 84.8 Å². The molecule has 4 aliphatic carbocycles. The Morgan fingerprint density at radius 3 is 1.70 bits per heavy atom. The van der Waals surface area contributed by atoms with Gasteiger partial charge in [-0.1, -0.05) is 91.4 Å². The van der Waals surface area contributed by atoms with Crippen LogP contribution in [0.1, 0.15) is 88.3 Å². The summed E-state index contributed by atoms with van der Waals surface area (Å²) in [5, 5.41) is 21.9. The van der Waals surface area contributed by atoms with Gasteiger partial charge in [0.15, 0.2) is 26.1 Å². The van der Waals surface area contributed by atoms with E-state index in [0.29, 0.717) is 43.4 Å². The molecule has 387 valence electrons. The summed E-state index contributed by atoms with van der Waals surface area (Å²) in [5.41, 5.74) is 3.83. The Hall–Kier alpha value is -3.05. The second-order valence-corrected chi connectivity index (χ2v) is 19.6. The number of fused-ring (bicyclic) bond motifs is 6. The van der Waals surface area contributed by atoms with E-state index in [1.807, 2.05) is 132 Å². The number of ketones is 2. The van der Waals surface area contributed by atoms with E-state index >= 15 is 0 Å². The van der Waals surface area contributed by atoms with Crippen molar-refractivity contribution < 1.29 is 127 Å². The van der Waals surface area contributed by atoms with Crippen LogP contribution >= 0.6 is 34.2 Å². The number of Topliss-reactive ketones (excluding diaryl/α,β-unsaturated/α-hetero) is 2. The van der Waals surface area contributed by atoms with Crippen LogP contribution in [0.3, 0.4) is 0 Å². The number of carbonyl (C=O) groups excluding carboxylic acids is 2. The summed E-state index contributed by atoms with van der Waals surface area (Å²) in [7, 11) is 0. The molecule has 5 fully saturated rings. The van der Waals surface area contributed by atoms with Gasteiger partial charge in [-0.2, -0.15) is 0 Å². The Balaban J connectivity index is 0.000000334. The number of imidazole rings is 2. The largest absolute Gasteiger partial charge is 0.389 e. The summed E-state index contributed by atoms with van der Waals surface area (Å²) in [6.07, 6.45) is 7.06. The van der Waals surface area contributed by atoms with Gasteiger partial charge in [0.2, 0.25) is 5.82 Å². The number of aromatic nitrogens is 8. The van der Waals surface area contributed by atoms with Crippen molar-refractivity contribution in [3.63, 3.8) is 0 Å². The van der Waals surface area contributed by atoms with Crippen molar-refractivity contribution in [3.8, 4) is 36.0 Å². The standard InChI is InChI=1S/C29H22N4O3.C16H16ClIN4O3.C8H6.CH4.3CH3.3Y/c1-18(34)29-16-21(29)25(26(35)27(29)36)33-17-30-24-22(14-12-19-8-4-2-5-9-19)31-23(32-28(24)33)15-13-20-10-6-3-7-11-20;1-6(23)16-4-7(16)9(10-11(16)25-15(2,3)24-10)22-5-19-8-12(17)20-14(18)21-13(8)22;1-2-8-6-4-3-5-7-8;;;;;;;/h2-11,17,21,25-27,35-36H,16H2,1H3;5,7,9-11H,4H2,1-3H3;1,3-7H;1H4;3*1H3;;;/q;;;;3*-1;;;/t21?,25-,26+,27?,29+;7?,9-,10?,11-,16+;;;;;;;;/m11......../s1. The number of benzene rings is 3. The summed E-state index contributed by atoms with van der Waals surface area (Å²) in [4.78, 5) is 51.6. The van der Waals surface area contributed by atoms with E-state index in [1.54, 1.807) is 24.1 Å². The van der Waals surface area contributed by atoms with Crippen molar-refractivity contribution in [2.75, 3.05) is 0 Å². The molecule has 5 aliphatic rings. The molecule has 0 spiro atoms. The number of aliphatic hydroxyl groups is 2. The molecule has 4 saturated carbocycles. The molecule has 5 heterocycles. The SMILES string of the molecule is C.C#Cc1ccccc1.CC(=O)[C@@]12CC1[C@@H](n1cnc3c(C#Cc4ccccc4)nc(C#Cc4ccccc4)nc31)[C@H](O)C2O.CC(=O)[C@@]12CC1[C@@H](n1cnc3c(Cl)nc(I)nc31)C1OC(C)(C)O[C@H]12.[CH3-].[CH3-].[CH3-].[Y].[Y].[Y]. The van der Waals surface area contributed by atoms with Gasteiger partial charge < -0.3 is 51.1 Å². The third-order valence-electron chi connectivity index (χ3n) is 14.0. The van der Waals surface area contributed by atoms with Gasteiger partial charge in [-0.05, 0) is 101 Å². The average Bonchev–Trinajstić information content (AvgIpc) is 4.01. The van der Waals surface area contributed by atoms with Gasteiger partial charge in [-0.15, -0.1) is 6.42 Å². The van der Waals surface area contributed by atoms with Crippen molar-refractivity contribution in [1.82, 2.24) is 39.0 Å². The van der Waals surface area contributed by atoms with Crippen molar-refractivity contribution in [3.05, 3.63) is 163 Å². The summed E-state index contributed by atoms with van der Waals surface area (Å²) in [6, 6.07) is 28.1. The van der Waals surface area contributed by atoms with Crippen LogP contribution in [-0.2, 0) is 117 Å². The molecule has 76 heavy (non-hydrogen) atoms. The molecule has 1 aliphatic heterocycles. The van der Waals surface area contributed by atoms with Gasteiger partial charge in [0, 0.05) is 137 Å². The number of aliphatic hydroxyl groups excluding tert-OH is 2. The van der Waals surface area contributed by atoms with E-state index in [9.17, 15) is 19.8 Å². The van der Waals surface area contributed by atoms with Crippen LogP contribution in [-0.4, -0.2) is 91.0 Å². The van der Waals surface area contributed by atoms with Crippen LogP contribution in [0.15, 0.2) is 104 Å². The fourth-order valence-corrected chi connectivity index (χ4v) is 11.5. The number of hydrogen-bond acceptors (Lipinski definition) is 12. The van der Waals surface area contributed by atoms with E-state index < -0.39 is 34.9 Å². The van der Waals surface area contributed by atoms with Gasteiger partial charge in [0.1, 0.15) is 46.6 Å². The average molecular weight is 1380 g/mol. The van der Waals surface area contributed by atoms with Crippen LogP contribution < -0.4 is 0 Å². The minimum atomic E-state index is -1.13. The van der Waals surface area contributed by atoms with E-state index in [1.165, 1.54) is 6.92 Å². The van der Waals surface area contributed by atoms with Crippen molar-refractivity contribution in [2.24, 2.45) is 22.7 Å². The Labute approximate surface area is 540 Å². The zero-order valence-corrected chi connectivity index (χ0v) is 53.9. The first kappa shape index (κ1) is 67.2. The molecule has 7 aromatic rings. The zero-order valence-electron chi connectivity index (χ0n) is 42.5. The predicted molar refractivity (Wildman–Crippen MR) is 290 cm³/mol. The van der Waals surface area contributed by atoms with Gasteiger partial charge in [0.05, 0.1) is 41.7 Å². The van der Waals surface area contributed by atoms with Gasteiger partial charge in [0.25, 0.3) is 0 Å². The van der Waals surface area contributed by atoms with Crippen molar-refractivity contribution in [1.29, 1.82) is 0 Å². The Kier molecular flexibility index (Phi) is 23.8. The first-order chi connectivity index (χ1) is 33.2. The van der Waals surface area contributed by atoms with Crippen molar-refractivity contribution >= 4 is 68.1 Å². The molecule has 12 rings (SSSR count). The second kappa shape index (κ2) is 26.9. The quantitative estimate of drug-likeness (QED) is 0.0563. The fraction of sp³-hybridized carbons (Fsp3) is 0.316. The van der Waals surface area contributed by atoms with E-state index in [2.05, 4.69) is 59.5 Å². The molecule has 19 heteroatoms. The first-order valence-corrected chi connectivity index (χ1v) is 23.8. The van der Waals surface area contributed by atoms with Crippen LogP contribution in [0.5, 0.6) is 0 Å². The second-order valence-electron chi connectivity index (χ2n) is 18.3. The molecule has 0 bridgehead atoms. The molecular formula is C57H57ClIN8O6Y3-3. The third kappa shape index (κ3) is 12.5. The number of nitrogens with zero attached hydrogens (tertiary/aromatic N) is 8. The smallest absolute Gasteiger partial charge is 0.208 e. The minimum absolute atomic E-state index is 0. The van der Waals surface area contributed by atoms with Crippen LogP contribution in [0.4, 0.5) is 0 Å². The van der Waals surface area contributed by atoms with Gasteiger partial charge in [-0.25, -0.2) is 29.9 Å². The van der Waals surface area contributed by atoms with Gasteiger partial charge >= 0.3 is 0 Å². The molecule has 4 aromatic heterocycles. The summed E-state index contributed by atoms with van der Waals surface area (Å²) in [6.45, 7) is 6.91. The van der Waals surface area contributed by atoms with Crippen LogP contribution in [0.2, 0.25) is 5.15 Å². The van der Waals surface area contributed by atoms with E-state index in [0.717, 1.165) is 23.1 Å². The zero-order chi connectivity index (χ0) is 48.4. The molecule has 3 aromatic carbocycles. The minimum Gasteiger partial charge on any atom is -0.389 e. The summed E-state index contributed by atoms with van der Waals surface area (Å²) >= 11 is 8.26. The summed E-state index contributed by atoms with van der Waals surface area (Å²) in [5.74, 6) is 14.4. The molecular weight excluding hydrogens is 1320 g/mol. The number of ether oxygens (including phenoxy) is 2. The normalized spacial score (nSPS) is 25.6. The molecule has 14 nitrogen and oxygen atoms in total. The number of halogens is 2. The fourth-order valence-electron chi connectivity index (χ4n) is 10.6.